The number of hydrogen-bond acceptors (Lipinski definition) is 4. The van der Waals surface area contributed by atoms with Crippen molar-refractivity contribution < 1.29 is 9.37 Å². The predicted molar refractivity (Wildman–Crippen MR) is 104 cm³/mol. The second-order valence-electron chi connectivity index (χ2n) is 6.26. The number of aliphatic imine (C=N–C) groups is 1. The van der Waals surface area contributed by atoms with E-state index in [1.807, 2.05) is 16.8 Å². The van der Waals surface area contributed by atoms with Crippen molar-refractivity contribution in [2.24, 2.45) is 16.5 Å². The van der Waals surface area contributed by atoms with Crippen molar-refractivity contribution in [1.29, 1.82) is 0 Å². The third-order valence-electron chi connectivity index (χ3n) is 4.55. The van der Waals surface area contributed by atoms with Crippen LogP contribution < -0.4 is 11.5 Å². The summed E-state index contributed by atoms with van der Waals surface area (Å²) < 4.78 is 4.09. The van der Waals surface area contributed by atoms with Gasteiger partial charge in [-0.2, -0.15) is 4.99 Å². The molecule has 9 heteroatoms. The van der Waals surface area contributed by atoms with E-state index in [9.17, 15) is 4.79 Å². The summed E-state index contributed by atoms with van der Waals surface area (Å²) >= 11 is 1.14. The predicted octanol–water partition coefficient (Wildman–Crippen LogP) is 0.633. The monoisotopic (exact) mass is 374 g/mol. The minimum absolute atomic E-state index is 0.179. The molecule has 0 saturated carbocycles. The molecule has 8 nitrogen and oxygen atoms in total. The van der Waals surface area contributed by atoms with Gasteiger partial charge in [0.15, 0.2) is 5.17 Å². The van der Waals surface area contributed by atoms with Crippen molar-refractivity contribution in [3.8, 4) is 0 Å². The molecule has 1 amide bonds. The molecule has 138 valence electrons. The molecular formula is C17H24N7OS+. The number of pyridine rings is 1. The lowest BCUT2D eigenvalue weighted by molar-refractivity contribution is -0.538. The number of carbonyl (C=O) groups is 1. The Hall–Kier alpha value is -2.39. The molecule has 26 heavy (non-hydrogen) atoms. The molecule has 2 aromatic heterocycles. The van der Waals surface area contributed by atoms with Crippen molar-refractivity contribution >= 4 is 33.7 Å². The maximum absolute atomic E-state index is 11.0. The quantitative estimate of drug-likeness (QED) is 0.454. The van der Waals surface area contributed by atoms with Gasteiger partial charge in [-0.15, -0.1) is 0 Å². The molecule has 0 aliphatic carbocycles. The minimum Gasteiger partial charge on any atom is -0.378 e. The number of piperazine rings is 1. The van der Waals surface area contributed by atoms with Gasteiger partial charge in [-0.25, -0.2) is 4.98 Å². The molecule has 0 spiro atoms. The molecule has 2 aromatic rings. The Morgan fingerprint density at radius 3 is 2.77 bits per heavy atom. The first kappa shape index (κ1) is 18.4. The zero-order valence-electron chi connectivity index (χ0n) is 15.0. The number of nitrogens with zero attached hydrogens (tertiary/aromatic N) is 5. The van der Waals surface area contributed by atoms with Gasteiger partial charge in [-0.1, -0.05) is 0 Å². The van der Waals surface area contributed by atoms with Crippen LogP contribution in [0, 0.1) is 0 Å². The molecule has 4 N–H and O–H groups in total. The molecular weight excluding hydrogens is 350 g/mol. The van der Waals surface area contributed by atoms with E-state index in [2.05, 4.69) is 38.5 Å². The summed E-state index contributed by atoms with van der Waals surface area (Å²) in [5, 5.41) is 0.761. The number of amidine groups is 2. The highest BCUT2D eigenvalue weighted by atomic mass is 32.2. The van der Waals surface area contributed by atoms with E-state index in [1.165, 1.54) is 12.5 Å². The zero-order chi connectivity index (χ0) is 18.7. The fraction of sp³-hybridized carbons (Fsp3) is 0.412. The van der Waals surface area contributed by atoms with Crippen molar-refractivity contribution in [1.82, 2.24) is 14.3 Å². The second-order valence-corrected chi connectivity index (χ2v) is 7.30. The molecule has 1 unspecified atom stereocenters. The normalized spacial score (nSPS) is 17.5. The molecule has 1 atom stereocenters. The van der Waals surface area contributed by atoms with E-state index < -0.39 is 0 Å². The number of imidazole rings is 1. The topological polar surface area (TPSA) is 105 Å². The summed E-state index contributed by atoms with van der Waals surface area (Å²) in [5.41, 5.74) is 14.0. The first-order valence-corrected chi connectivity index (χ1v) is 9.32. The van der Waals surface area contributed by atoms with Gasteiger partial charge in [0, 0.05) is 56.4 Å². The van der Waals surface area contributed by atoms with Gasteiger partial charge in [-0.05, 0) is 24.6 Å². The van der Waals surface area contributed by atoms with Crippen LogP contribution in [0.25, 0.3) is 5.65 Å². The van der Waals surface area contributed by atoms with Gasteiger partial charge in [0.2, 0.25) is 5.91 Å². The van der Waals surface area contributed by atoms with E-state index >= 15 is 0 Å². The van der Waals surface area contributed by atoms with Crippen molar-refractivity contribution in [2.75, 3.05) is 26.2 Å². The fourth-order valence-corrected chi connectivity index (χ4v) is 3.78. The molecule has 1 aliphatic heterocycles. The lowest BCUT2D eigenvalue weighted by Crippen LogP contribution is -2.46. The maximum atomic E-state index is 11.0. The van der Waals surface area contributed by atoms with Crippen LogP contribution >= 0.6 is 11.8 Å². The van der Waals surface area contributed by atoms with E-state index in [4.69, 9.17) is 11.5 Å². The van der Waals surface area contributed by atoms with Crippen molar-refractivity contribution in [3.05, 3.63) is 36.3 Å². The van der Waals surface area contributed by atoms with Gasteiger partial charge in [0.05, 0.1) is 13.1 Å². The number of amides is 1. The number of thioether (sulfide) groups is 1. The Morgan fingerprint density at radius 1 is 1.35 bits per heavy atom. The third-order valence-corrected chi connectivity index (χ3v) is 5.32. The Morgan fingerprint density at radius 2 is 2.08 bits per heavy atom. The van der Waals surface area contributed by atoms with Crippen LogP contribution in [0.15, 0.2) is 35.7 Å². The summed E-state index contributed by atoms with van der Waals surface area (Å²) in [6.45, 7) is 6.98. The lowest BCUT2D eigenvalue weighted by Gasteiger charge is -2.33. The zero-order valence-corrected chi connectivity index (χ0v) is 15.8. The number of nitrogens with two attached hydrogens (primary N) is 2. The van der Waals surface area contributed by atoms with Gasteiger partial charge in [-0.3, -0.25) is 20.0 Å². The van der Waals surface area contributed by atoms with Crippen LogP contribution in [0.3, 0.4) is 0 Å². The SMILES string of the molecule is CC(=O)N=C(N)SC(N)=[N+]1CCN(C(C)c2ccn3ccnc3c2)CC1. The number of fused-ring (bicyclic) bond motifs is 1. The van der Waals surface area contributed by atoms with Gasteiger partial charge in [0.25, 0.3) is 0 Å². The largest absolute Gasteiger partial charge is 0.378 e. The van der Waals surface area contributed by atoms with Crippen molar-refractivity contribution in [2.45, 2.75) is 19.9 Å². The Bertz CT molecular complexity index is 863. The van der Waals surface area contributed by atoms with Gasteiger partial charge >= 0.3 is 5.17 Å². The highest BCUT2D eigenvalue weighted by Crippen LogP contribution is 2.22. The molecule has 0 aromatic carbocycles. The molecule has 1 aliphatic rings. The van der Waals surface area contributed by atoms with Crippen LogP contribution in [-0.2, 0) is 4.79 Å². The maximum Gasteiger partial charge on any atom is 0.312 e. The van der Waals surface area contributed by atoms with Gasteiger partial charge < -0.3 is 10.1 Å². The van der Waals surface area contributed by atoms with Crippen LogP contribution in [0.1, 0.15) is 25.5 Å². The molecule has 1 fully saturated rings. The summed E-state index contributed by atoms with van der Waals surface area (Å²) in [6, 6.07) is 4.57. The minimum atomic E-state index is -0.323. The number of carbonyl (C=O) groups excluding carboxylic acids is 1. The standard InChI is InChI=1S/C17H23N7OS/c1-12(14-3-5-23-6-4-20-15(23)11-14)22-7-9-24(10-8-22)17(19)26-16(18)21-13(2)25/h3-6,11-12,19H,7-10H2,1-2H3,(H2,18,21,25)/p+1. The first-order valence-electron chi connectivity index (χ1n) is 8.50. The molecule has 3 rings (SSSR count). The van der Waals surface area contributed by atoms with Crippen LogP contribution in [0.5, 0.6) is 0 Å². The molecule has 3 heterocycles. The van der Waals surface area contributed by atoms with E-state index in [0.717, 1.165) is 43.6 Å². The van der Waals surface area contributed by atoms with Crippen LogP contribution in [0.2, 0.25) is 0 Å². The summed E-state index contributed by atoms with van der Waals surface area (Å²) in [7, 11) is 0. The molecule has 0 radical (unpaired) electrons. The number of aromatic nitrogens is 2. The summed E-state index contributed by atoms with van der Waals surface area (Å²) in [6.07, 6.45) is 5.80. The third kappa shape index (κ3) is 4.23. The molecule has 0 bridgehead atoms. The first-order chi connectivity index (χ1) is 12.4. The van der Waals surface area contributed by atoms with E-state index in [-0.39, 0.29) is 11.1 Å². The van der Waals surface area contributed by atoms with Crippen LogP contribution in [0.4, 0.5) is 0 Å². The number of hydrogen-bond donors (Lipinski definition) is 2. The van der Waals surface area contributed by atoms with Crippen LogP contribution in [-0.4, -0.2) is 61.3 Å². The Kier molecular flexibility index (Phi) is 5.58. The smallest absolute Gasteiger partial charge is 0.312 e. The lowest BCUT2D eigenvalue weighted by atomic mass is 10.1. The average Bonchev–Trinajstić information content (AvgIpc) is 3.08. The molecule has 1 saturated heterocycles. The summed E-state index contributed by atoms with van der Waals surface area (Å²) in [5.74, 6) is -0.323. The van der Waals surface area contributed by atoms with E-state index in [1.54, 1.807) is 6.20 Å². The van der Waals surface area contributed by atoms with Gasteiger partial charge in [0.1, 0.15) is 5.65 Å². The average molecular weight is 374 g/mol. The second kappa shape index (κ2) is 7.88. The van der Waals surface area contributed by atoms with E-state index in [0.29, 0.717) is 11.2 Å². The summed E-state index contributed by atoms with van der Waals surface area (Å²) in [4.78, 5) is 21.4. The Labute approximate surface area is 156 Å². The highest BCUT2D eigenvalue weighted by Gasteiger charge is 2.24. The highest BCUT2D eigenvalue weighted by molar-refractivity contribution is 8.26. The number of rotatable bonds is 2. The fourth-order valence-electron chi connectivity index (χ4n) is 3.08. The Balaban J connectivity index is 1.63. The van der Waals surface area contributed by atoms with Crippen molar-refractivity contribution in [3.63, 3.8) is 0 Å².